The fourth-order valence-electron chi connectivity index (χ4n) is 1.55. The summed E-state index contributed by atoms with van der Waals surface area (Å²) in [6.45, 7) is 0.159. The minimum absolute atomic E-state index is 0.102. The van der Waals surface area contributed by atoms with Crippen LogP contribution in [0.25, 0.3) is 0 Å². The van der Waals surface area contributed by atoms with Crippen LogP contribution in [0.2, 0.25) is 5.02 Å². The van der Waals surface area contributed by atoms with Gasteiger partial charge in [0.25, 0.3) is 0 Å². The molecule has 0 saturated carbocycles. The summed E-state index contributed by atoms with van der Waals surface area (Å²) >= 11 is 5.83. The molecular formula is C14H10ClFO3. The highest BCUT2D eigenvalue weighted by Crippen LogP contribution is 2.18. The minimum Gasteiger partial charge on any atom is -0.489 e. The Hall–Kier alpha value is -2.07. The van der Waals surface area contributed by atoms with Crippen molar-refractivity contribution in [2.24, 2.45) is 0 Å². The highest BCUT2D eigenvalue weighted by Gasteiger charge is 2.06. The maximum Gasteiger partial charge on any atom is 0.335 e. The molecule has 0 unspecified atom stereocenters. The Morgan fingerprint density at radius 2 is 1.89 bits per heavy atom. The van der Waals surface area contributed by atoms with Crippen molar-refractivity contribution in [2.45, 2.75) is 6.61 Å². The van der Waals surface area contributed by atoms with E-state index in [1.165, 1.54) is 36.4 Å². The van der Waals surface area contributed by atoms with E-state index in [9.17, 15) is 9.18 Å². The summed E-state index contributed by atoms with van der Waals surface area (Å²) in [7, 11) is 0. The van der Waals surface area contributed by atoms with Crippen LogP contribution in [0.3, 0.4) is 0 Å². The largest absolute Gasteiger partial charge is 0.489 e. The van der Waals surface area contributed by atoms with E-state index in [4.69, 9.17) is 21.4 Å². The zero-order valence-electron chi connectivity index (χ0n) is 9.77. The Labute approximate surface area is 114 Å². The number of ether oxygens (including phenoxy) is 1. The lowest BCUT2D eigenvalue weighted by Gasteiger charge is -2.07. The Morgan fingerprint density at radius 3 is 2.53 bits per heavy atom. The summed E-state index contributed by atoms with van der Waals surface area (Å²) in [6.07, 6.45) is 0. The van der Waals surface area contributed by atoms with Crippen molar-refractivity contribution in [1.29, 1.82) is 0 Å². The highest BCUT2D eigenvalue weighted by atomic mass is 35.5. The van der Waals surface area contributed by atoms with Crippen LogP contribution in [0.5, 0.6) is 5.75 Å². The number of carboxylic acids is 1. The Morgan fingerprint density at radius 1 is 1.21 bits per heavy atom. The van der Waals surface area contributed by atoms with Gasteiger partial charge in [-0.25, -0.2) is 9.18 Å². The maximum absolute atomic E-state index is 12.7. The van der Waals surface area contributed by atoms with Gasteiger partial charge in [0.2, 0.25) is 0 Å². The molecule has 0 atom stereocenters. The van der Waals surface area contributed by atoms with Gasteiger partial charge in [-0.2, -0.15) is 0 Å². The van der Waals surface area contributed by atoms with Crippen molar-refractivity contribution in [3.8, 4) is 5.75 Å². The van der Waals surface area contributed by atoms with Crippen molar-refractivity contribution in [2.75, 3.05) is 0 Å². The summed E-state index contributed by atoms with van der Waals surface area (Å²) in [5.74, 6) is -0.896. The molecule has 2 rings (SSSR count). The molecular weight excluding hydrogens is 271 g/mol. The van der Waals surface area contributed by atoms with Crippen molar-refractivity contribution >= 4 is 17.6 Å². The van der Waals surface area contributed by atoms with Crippen LogP contribution >= 0.6 is 11.6 Å². The van der Waals surface area contributed by atoms with Crippen LogP contribution in [-0.2, 0) is 6.61 Å². The van der Waals surface area contributed by atoms with Crippen molar-refractivity contribution in [3.63, 3.8) is 0 Å². The molecule has 0 amide bonds. The molecule has 19 heavy (non-hydrogen) atoms. The van der Waals surface area contributed by atoms with Crippen LogP contribution in [0.4, 0.5) is 4.39 Å². The third-order valence-electron chi connectivity index (χ3n) is 2.42. The first-order valence-electron chi connectivity index (χ1n) is 5.46. The lowest BCUT2D eigenvalue weighted by Crippen LogP contribution is -2.00. The van der Waals surface area contributed by atoms with Gasteiger partial charge in [0, 0.05) is 5.02 Å². The Kier molecular flexibility index (Phi) is 4.02. The van der Waals surface area contributed by atoms with Crippen molar-refractivity contribution < 1.29 is 19.0 Å². The second-order valence-corrected chi connectivity index (χ2v) is 4.33. The predicted octanol–water partition coefficient (Wildman–Crippen LogP) is 3.76. The number of rotatable bonds is 4. The number of benzene rings is 2. The SMILES string of the molecule is O=C(O)c1cc(Cl)cc(COc2ccc(F)cc2)c1. The molecule has 0 aromatic heterocycles. The van der Waals surface area contributed by atoms with Gasteiger partial charge in [-0.15, -0.1) is 0 Å². The fourth-order valence-corrected chi connectivity index (χ4v) is 1.81. The first-order chi connectivity index (χ1) is 9.04. The molecule has 2 aromatic rings. The molecule has 0 aliphatic rings. The second kappa shape index (κ2) is 5.71. The Bertz CT molecular complexity index is 596. The summed E-state index contributed by atoms with van der Waals surface area (Å²) in [4.78, 5) is 10.9. The smallest absolute Gasteiger partial charge is 0.335 e. The van der Waals surface area contributed by atoms with E-state index in [2.05, 4.69) is 0 Å². The summed E-state index contributed by atoms with van der Waals surface area (Å²) in [5.41, 5.74) is 0.736. The standard InChI is InChI=1S/C14H10ClFO3/c15-11-6-9(5-10(7-11)14(17)18)8-19-13-3-1-12(16)2-4-13/h1-7H,8H2,(H,17,18). The molecule has 5 heteroatoms. The predicted molar refractivity (Wildman–Crippen MR) is 69.1 cm³/mol. The third kappa shape index (κ3) is 3.69. The first-order valence-corrected chi connectivity index (χ1v) is 5.83. The van der Waals surface area contributed by atoms with E-state index in [-0.39, 0.29) is 18.0 Å². The Balaban J connectivity index is 2.11. The van der Waals surface area contributed by atoms with E-state index in [1.807, 2.05) is 0 Å². The van der Waals surface area contributed by atoms with Crippen LogP contribution in [0, 0.1) is 5.82 Å². The average molecular weight is 281 g/mol. The van der Waals surface area contributed by atoms with Gasteiger partial charge in [0.1, 0.15) is 18.2 Å². The van der Waals surface area contributed by atoms with E-state index in [1.54, 1.807) is 6.07 Å². The first kappa shape index (κ1) is 13.4. The molecule has 3 nitrogen and oxygen atoms in total. The van der Waals surface area contributed by atoms with Crippen molar-refractivity contribution in [1.82, 2.24) is 0 Å². The summed E-state index contributed by atoms with van der Waals surface area (Å²) in [5, 5.41) is 9.24. The third-order valence-corrected chi connectivity index (χ3v) is 2.64. The molecule has 0 aliphatic heterocycles. The van der Waals surface area contributed by atoms with Crippen LogP contribution < -0.4 is 4.74 Å². The van der Waals surface area contributed by atoms with Gasteiger partial charge < -0.3 is 9.84 Å². The van der Waals surface area contributed by atoms with Crippen LogP contribution in [0.15, 0.2) is 42.5 Å². The normalized spacial score (nSPS) is 10.2. The molecule has 98 valence electrons. The minimum atomic E-state index is -1.05. The van der Waals surface area contributed by atoms with Gasteiger partial charge in [-0.05, 0) is 48.0 Å². The molecule has 0 bridgehead atoms. The van der Waals surface area contributed by atoms with E-state index < -0.39 is 5.97 Å². The lowest BCUT2D eigenvalue weighted by atomic mass is 10.1. The zero-order chi connectivity index (χ0) is 13.8. The quantitative estimate of drug-likeness (QED) is 0.927. The van der Waals surface area contributed by atoms with E-state index in [0.717, 1.165) is 0 Å². The molecule has 2 aromatic carbocycles. The summed E-state index contributed by atoms with van der Waals surface area (Å²) in [6, 6.07) is 10.0. The molecule has 1 N–H and O–H groups in total. The zero-order valence-corrected chi connectivity index (χ0v) is 10.5. The topological polar surface area (TPSA) is 46.5 Å². The molecule has 0 radical (unpaired) electrons. The number of hydrogen-bond acceptors (Lipinski definition) is 2. The number of halogens is 2. The molecule has 0 aliphatic carbocycles. The van der Waals surface area contributed by atoms with Gasteiger partial charge >= 0.3 is 5.97 Å². The van der Waals surface area contributed by atoms with Gasteiger partial charge in [0.15, 0.2) is 0 Å². The molecule has 0 fully saturated rings. The van der Waals surface area contributed by atoms with E-state index >= 15 is 0 Å². The van der Waals surface area contributed by atoms with Crippen molar-refractivity contribution in [3.05, 3.63) is 64.4 Å². The average Bonchev–Trinajstić information content (AvgIpc) is 2.37. The summed E-state index contributed by atoms with van der Waals surface area (Å²) < 4.78 is 18.1. The molecule has 0 spiro atoms. The number of carboxylic acid groups (broad SMARTS) is 1. The van der Waals surface area contributed by atoms with Gasteiger partial charge in [-0.1, -0.05) is 11.6 Å². The fraction of sp³-hybridized carbons (Fsp3) is 0.0714. The maximum atomic E-state index is 12.7. The molecule has 0 heterocycles. The van der Waals surface area contributed by atoms with Gasteiger partial charge in [-0.3, -0.25) is 0 Å². The second-order valence-electron chi connectivity index (χ2n) is 3.90. The highest BCUT2D eigenvalue weighted by molar-refractivity contribution is 6.31. The van der Waals surface area contributed by atoms with Crippen LogP contribution in [0.1, 0.15) is 15.9 Å². The monoisotopic (exact) mass is 280 g/mol. The van der Waals surface area contributed by atoms with Crippen LogP contribution in [-0.4, -0.2) is 11.1 Å². The number of carbonyl (C=O) groups is 1. The van der Waals surface area contributed by atoms with E-state index in [0.29, 0.717) is 16.3 Å². The molecule has 0 saturated heterocycles. The number of hydrogen-bond donors (Lipinski definition) is 1. The lowest BCUT2D eigenvalue weighted by molar-refractivity contribution is 0.0696. The number of aromatic carboxylic acids is 1. The van der Waals surface area contributed by atoms with Gasteiger partial charge in [0.05, 0.1) is 5.56 Å².